The van der Waals surface area contributed by atoms with E-state index in [1.165, 1.54) is 12.1 Å². The minimum atomic E-state index is -0.429. The molecule has 0 spiro atoms. The fourth-order valence-electron chi connectivity index (χ4n) is 1.55. The van der Waals surface area contributed by atoms with Crippen LogP contribution in [0.5, 0.6) is 0 Å². The smallest absolute Gasteiger partial charge is 0.258 e. The van der Waals surface area contributed by atoms with Crippen LogP contribution >= 0.6 is 11.6 Å². The Morgan fingerprint density at radius 1 is 1.21 bits per heavy atom. The van der Waals surface area contributed by atoms with Crippen LogP contribution in [0.4, 0.5) is 11.4 Å². The summed E-state index contributed by atoms with van der Waals surface area (Å²) in [7, 11) is 0. The lowest BCUT2D eigenvalue weighted by atomic mass is 10.2. The second-order valence-electron chi connectivity index (χ2n) is 4.04. The molecule has 19 heavy (non-hydrogen) atoms. The normalized spacial score (nSPS) is 10.8. The second kappa shape index (κ2) is 5.63. The molecule has 5 heteroatoms. The van der Waals surface area contributed by atoms with Crippen LogP contribution in [0, 0.1) is 17.0 Å². The molecule has 0 aromatic heterocycles. The van der Waals surface area contributed by atoms with E-state index in [0.29, 0.717) is 5.02 Å². The predicted octanol–water partition coefficient (Wildman–Crippen LogP) is 4.31. The summed E-state index contributed by atoms with van der Waals surface area (Å²) in [5.41, 5.74) is 2.66. The third-order valence-corrected chi connectivity index (χ3v) is 2.86. The van der Waals surface area contributed by atoms with Gasteiger partial charge in [0.25, 0.3) is 5.69 Å². The first-order valence-electron chi connectivity index (χ1n) is 5.61. The van der Waals surface area contributed by atoms with E-state index in [1.807, 2.05) is 19.1 Å². The van der Waals surface area contributed by atoms with Gasteiger partial charge in [-0.3, -0.25) is 15.1 Å². The summed E-state index contributed by atoms with van der Waals surface area (Å²) in [6, 6.07) is 11.7. The number of halogens is 1. The van der Waals surface area contributed by atoms with Crippen molar-refractivity contribution in [3.05, 3.63) is 68.7 Å². The van der Waals surface area contributed by atoms with E-state index in [9.17, 15) is 10.1 Å². The Morgan fingerprint density at radius 3 is 2.53 bits per heavy atom. The van der Waals surface area contributed by atoms with Crippen LogP contribution in [-0.2, 0) is 0 Å². The van der Waals surface area contributed by atoms with Gasteiger partial charge in [0.15, 0.2) is 0 Å². The molecule has 0 saturated carbocycles. The Bertz CT molecular complexity index is 636. The SMILES string of the molecule is Cc1ccc(Cl)cc1N=Cc1ccc([N+](=O)[O-])cc1. The highest BCUT2D eigenvalue weighted by atomic mass is 35.5. The molecule has 0 radical (unpaired) electrons. The van der Waals surface area contributed by atoms with Crippen LogP contribution in [0.3, 0.4) is 0 Å². The number of aliphatic imine (C=N–C) groups is 1. The summed E-state index contributed by atoms with van der Waals surface area (Å²) >= 11 is 5.91. The van der Waals surface area contributed by atoms with Crippen molar-refractivity contribution in [2.24, 2.45) is 4.99 Å². The number of aryl methyl sites for hydroxylation is 1. The fraction of sp³-hybridized carbons (Fsp3) is 0.0714. The molecule has 2 aromatic carbocycles. The van der Waals surface area contributed by atoms with E-state index in [2.05, 4.69) is 4.99 Å². The van der Waals surface area contributed by atoms with Crippen LogP contribution in [0.25, 0.3) is 0 Å². The molecular weight excluding hydrogens is 264 g/mol. The van der Waals surface area contributed by atoms with Crippen molar-refractivity contribution < 1.29 is 4.92 Å². The molecule has 0 atom stereocenters. The summed E-state index contributed by atoms with van der Waals surface area (Å²) < 4.78 is 0. The van der Waals surface area contributed by atoms with E-state index < -0.39 is 4.92 Å². The van der Waals surface area contributed by atoms with E-state index >= 15 is 0 Å². The van der Waals surface area contributed by atoms with E-state index in [1.54, 1.807) is 24.4 Å². The molecule has 0 bridgehead atoms. The number of rotatable bonds is 3. The molecule has 4 nitrogen and oxygen atoms in total. The van der Waals surface area contributed by atoms with Gasteiger partial charge in [0.2, 0.25) is 0 Å². The molecule has 0 heterocycles. The maximum absolute atomic E-state index is 10.5. The second-order valence-corrected chi connectivity index (χ2v) is 4.47. The standard InChI is InChI=1S/C14H11ClN2O2/c1-10-2-5-12(15)8-14(10)16-9-11-3-6-13(7-4-11)17(18)19/h2-9H,1H3. The summed E-state index contributed by atoms with van der Waals surface area (Å²) in [5.74, 6) is 0. The molecule has 0 fully saturated rings. The number of nitro benzene ring substituents is 1. The quantitative estimate of drug-likeness (QED) is 0.476. The zero-order valence-corrected chi connectivity index (χ0v) is 11.0. The third kappa shape index (κ3) is 3.39. The zero-order valence-electron chi connectivity index (χ0n) is 10.2. The molecule has 0 unspecified atom stereocenters. The summed E-state index contributed by atoms with van der Waals surface area (Å²) in [4.78, 5) is 14.4. The predicted molar refractivity (Wildman–Crippen MR) is 76.5 cm³/mol. The van der Waals surface area contributed by atoms with Gasteiger partial charge >= 0.3 is 0 Å². The minimum absolute atomic E-state index is 0.0658. The number of hydrogen-bond donors (Lipinski definition) is 0. The van der Waals surface area contributed by atoms with Gasteiger partial charge in [0.05, 0.1) is 10.6 Å². The van der Waals surface area contributed by atoms with Crippen LogP contribution < -0.4 is 0 Å². The first-order chi connectivity index (χ1) is 9.06. The van der Waals surface area contributed by atoms with Gasteiger partial charge in [-0.05, 0) is 42.3 Å². The van der Waals surface area contributed by atoms with Gasteiger partial charge in [-0.2, -0.15) is 0 Å². The first kappa shape index (κ1) is 13.2. The molecule has 0 aliphatic heterocycles. The van der Waals surface area contributed by atoms with Crippen molar-refractivity contribution in [3.63, 3.8) is 0 Å². The van der Waals surface area contributed by atoms with E-state index in [0.717, 1.165) is 16.8 Å². The summed E-state index contributed by atoms with van der Waals surface area (Å²) in [6.45, 7) is 1.94. The first-order valence-corrected chi connectivity index (χ1v) is 5.99. The van der Waals surface area contributed by atoms with Gasteiger partial charge in [-0.1, -0.05) is 17.7 Å². The van der Waals surface area contributed by atoms with Gasteiger partial charge in [0.1, 0.15) is 0 Å². The average molecular weight is 275 g/mol. The number of non-ortho nitro benzene ring substituents is 1. The fourth-order valence-corrected chi connectivity index (χ4v) is 1.71. The number of hydrogen-bond acceptors (Lipinski definition) is 3. The van der Waals surface area contributed by atoms with Crippen molar-refractivity contribution in [3.8, 4) is 0 Å². The van der Waals surface area contributed by atoms with Crippen molar-refractivity contribution >= 4 is 29.2 Å². The Morgan fingerprint density at radius 2 is 1.89 bits per heavy atom. The maximum atomic E-state index is 10.5. The molecule has 0 aliphatic rings. The van der Waals surface area contributed by atoms with Crippen molar-refractivity contribution in [2.45, 2.75) is 6.92 Å². The molecule has 2 rings (SSSR count). The molecule has 0 amide bonds. The number of nitro groups is 1. The van der Waals surface area contributed by atoms with Crippen LogP contribution in [0.2, 0.25) is 5.02 Å². The maximum Gasteiger partial charge on any atom is 0.269 e. The summed E-state index contributed by atoms with van der Waals surface area (Å²) in [6.07, 6.45) is 1.66. The molecule has 96 valence electrons. The van der Waals surface area contributed by atoms with Gasteiger partial charge in [-0.15, -0.1) is 0 Å². The number of nitrogens with zero attached hydrogens (tertiary/aromatic N) is 2. The lowest BCUT2D eigenvalue weighted by Crippen LogP contribution is -1.88. The van der Waals surface area contributed by atoms with Crippen molar-refractivity contribution in [1.29, 1.82) is 0 Å². The van der Waals surface area contributed by atoms with Crippen molar-refractivity contribution in [1.82, 2.24) is 0 Å². The van der Waals surface area contributed by atoms with Gasteiger partial charge in [-0.25, -0.2) is 0 Å². The van der Waals surface area contributed by atoms with Crippen LogP contribution in [0.1, 0.15) is 11.1 Å². The monoisotopic (exact) mass is 274 g/mol. The highest BCUT2D eigenvalue weighted by molar-refractivity contribution is 6.30. The lowest BCUT2D eigenvalue weighted by molar-refractivity contribution is -0.384. The molecule has 2 aromatic rings. The molecule has 0 saturated heterocycles. The Balaban J connectivity index is 2.22. The average Bonchev–Trinajstić information content (AvgIpc) is 2.40. The highest BCUT2D eigenvalue weighted by Crippen LogP contribution is 2.23. The lowest BCUT2D eigenvalue weighted by Gasteiger charge is -2.00. The largest absolute Gasteiger partial charge is 0.269 e. The van der Waals surface area contributed by atoms with Crippen LogP contribution in [-0.4, -0.2) is 11.1 Å². The van der Waals surface area contributed by atoms with Crippen molar-refractivity contribution in [2.75, 3.05) is 0 Å². The molecule has 0 N–H and O–H groups in total. The van der Waals surface area contributed by atoms with Crippen LogP contribution in [0.15, 0.2) is 47.5 Å². The minimum Gasteiger partial charge on any atom is -0.258 e. The Labute approximate surface area is 115 Å². The van der Waals surface area contributed by atoms with E-state index in [-0.39, 0.29) is 5.69 Å². The summed E-state index contributed by atoms with van der Waals surface area (Å²) in [5, 5.41) is 11.2. The van der Waals surface area contributed by atoms with E-state index in [4.69, 9.17) is 11.6 Å². The Kier molecular flexibility index (Phi) is 3.92. The zero-order chi connectivity index (χ0) is 13.8. The molecular formula is C14H11ClN2O2. The topological polar surface area (TPSA) is 55.5 Å². The van der Waals surface area contributed by atoms with Gasteiger partial charge < -0.3 is 0 Å². The Hall–Kier alpha value is -2.20. The highest BCUT2D eigenvalue weighted by Gasteiger charge is 2.02. The van der Waals surface area contributed by atoms with Gasteiger partial charge in [0, 0.05) is 23.4 Å². The third-order valence-electron chi connectivity index (χ3n) is 2.63. The molecule has 0 aliphatic carbocycles. The number of benzene rings is 2.